The molecule has 0 amide bonds. The molecule has 1 nitrogen and oxygen atoms in total. The molecule has 0 saturated carbocycles. The van der Waals surface area contributed by atoms with Crippen molar-refractivity contribution in [1.82, 2.24) is 0 Å². The molecule has 0 saturated heterocycles. The third-order valence-electron chi connectivity index (χ3n) is 2.06. The summed E-state index contributed by atoms with van der Waals surface area (Å²) in [5.74, 6) is 6.34. The zero-order valence-electron chi connectivity index (χ0n) is 7.02. The normalized spacial score (nSPS) is 24.3. The summed E-state index contributed by atoms with van der Waals surface area (Å²) in [5, 5.41) is 0. The monoisotopic (exact) mass is 150 g/mol. The second-order valence-electron chi connectivity index (χ2n) is 3.08. The molecule has 0 fully saturated rings. The molecule has 0 aromatic rings. The molecular weight excluding hydrogens is 136 g/mol. The van der Waals surface area contributed by atoms with Gasteiger partial charge < -0.3 is 0 Å². The fourth-order valence-electron chi connectivity index (χ4n) is 1.31. The van der Waals surface area contributed by atoms with Crippen LogP contribution >= 0.6 is 0 Å². The number of ketones is 1. The summed E-state index contributed by atoms with van der Waals surface area (Å²) < 4.78 is 0. The van der Waals surface area contributed by atoms with Crippen LogP contribution in [-0.4, -0.2) is 5.78 Å². The Morgan fingerprint density at radius 3 is 2.91 bits per heavy atom. The summed E-state index contributed by atoms with van der Waals surface area (Å²) in [7, 11) is 0. The first-order chi connectivity index (χ1) is 5.30. The fourth-order valence-corrected chi connectivity index (χ4v) is 1.31. The van der Waals surface area contributed by atoms with Gasteiger partial charge in [-0.2, -0.15) is 0 Å². The van der Waals surface area contributed by atoms with Crippen LogP contribution in [0.1, 0.15) is 39.0 Å². The van der Waals surface area contributed by atoms with E-state index in [9.17, 15) is 4.79 Å². The van der Waals surface area contributed by atoms with E-state index in [1.807, 2.05) is 0 Å². The maximum Gasteiger partial charge on any atom is 0.144 e. The van der Waals surface area contributed by atoms with Crippen molar-refractivity contribution in [2.45, 2.75) is 39.0 Å². The second-order valence-corrected chi connectivity index (χ2v) is 3.08. The molecule has 11 heavy (non-hydrogen) atoms. The average Bonchev–Trinajstić information content (AvgIpc) is 1.84. The molecule has 1 aliphatic rings. The number of carbonyl (C=O) groups excluding carboxylic acids is 1. The van der Waals surface area contributed by atoms with E-state index in [2.05, 4.69) is 11.8 Å². The molecule has 1 heteroatoms. The number of Topliss-reactive ketones (excluding diaryl/α,β-unsaturated/α-hetero) is 1. The van der Waals surface area contributed by atoms with Crippen LogP contribution in [-0.2, 0) is 4.79 Å². The van der Waals surface area contributed by atoms with Gasteiger partial charge in [-0.3, -0.25) is 4.79 Å². The van der Waals surface area contributed by atoms with Gasteiger partial charge in [-0.15, -0.1) is 5.92 Å². The minimum absolute atomic E-state index is 0.0373. The first-order valence-corrected chi connectivity index (χ1v) is 4.29. The molecule has 1 aliphatic carbocycles. The van der Waals surface area contributed by atoms with E-state index in [1.54, 1.807) is 6.92 Å². The lowest BCUT2D eigenvalue weighted by Crippen LogP contribution is -2.09. The highest BCUT2D eigenvalue weighted by Gasteiger charge is 2.10. The maximum atomic E-state index is 11.0. The van der Waals surface area contributed by atoms with Crippen LogP contribution in [0.15, 0.2) is 0 Å². The van der Waals surface area contributed by atoms with Gasteiger partial charge in [-0.05, 0) is 19.8 Å². The number of hydrogen-bond donors (Lipinski definition) is 0. The highest BCUT2D eigenvalue weighted by Crippen LogP contribution is 2.13. The quantitative estimate of drug-likeness (QED) is 0.523. The predicted molar refractivity (Wildman–Crippen MR) is 45.0 cm³/mol. The van der Waals surface area contributed by atoms with Gasteiger partial charge in [0.1, 0.15) is 5.78 Å². The fraction of sp³-hybridized carbons (Fsp3) is 0.700. The topological polar surface area (TPSA) is 17.1 Å². The largest absolute Gasteiger partial charge is 0.299 e. The number of rotatable bonds is 1. The summed E-state index contributed by atoms with van der Waals surface area (Å²) in [5.41, 5.74) is 0. The molecule has 0 aromatic heterocycles. The summed E-state index contributed by atoms with van der Waals surface area (Å²) >= 11 is 0. The van der Waals surface area contributed by atoms with E-state index < -0.39 is 0 Å². The van der Waals surface area contributed by atoms with E-state index in [1.165, 1.54) is 19.3 Å². The van der Waals surface area contributed by atoms with Gasteiger partial charge in [0.2, 0.25) is 0 Å². The molecule has 1 atom stereocenters. The minimum atomic E-state index is 0.0373. The Hall–Kier alpha value is -0.770. The van der Waals surface area contributed by atoms with Crippen LogP contribution in [0.3, 0.4) is 0 Å². The number of carbonyl (C=O) groups is 1. The zero-order valence-corrected chi connectivity index (χ0v) is 7.02. The van der Waals surface area contributed by atoms with Gasteiger partial charge in [-0.1, -0.05) is 18.8 Å². The summed E-state index contributed by atoms with van der Waals surface area (Å²) in [4.78, 5) is 11.0. The van der Waals surface area contributed by atoms with Crippen LogP contribution in [0.2, 0.25) is 0 Å². The molecule has 0 bridgehead atoms. The van der Waals surface area contributed by atoms with Crippen molar-refractivity contribution < 1.29 is 4.79 Å². The minimum Gasteiger partial charge on any atom is -0.299 e. The number of hydrogen-bond acceptors (Lipinski definition) is 1. The van der Waals surface area contributed by atoms with Gasteiger partial charge in [0, 0.05) is 6.42 Å². The lowest BCUT2D eigenvalue weighted by atomic mass is 9.95. The molecule has 0 heterocycles. The van der Waals surface area contributed by atoms with Crippen LogP contribution in [0, 0.1) is 17.8 Å². The lowest BCUT2D eigenvalue weighted by Gasteiger charge is -2.07. The van der Waals surface area contributed by atoms with Crippen molar-refractivity contribution in [1.29, 1.82) is 0 Å². The molecule has 60 valence electrons. The highest BCUT2D eigenvalue weighted by atomic mass is 16.1. The van der Waals surface area contributed by atoms with E-state index >= 15 is 0 Å². The molecular formula is C10H14O. The third-order valence-corrected chi connectivity index (χ3v) is 2.06. The van der Waals surface area contributed by atoms with Crippen molar-refractivity contribution in [3.05, 3.63) is 0 Å². The van der Waals surface area contributed by atoms with Crippen LogP contribution in [0.4, 0.5) is 0 Å². The average molecular weight is 150 g/mol. The van der Waals surface area contributed by atoms with Gasteiger partial charge in [0.05, 0.1) is 5.92 Å². The SMILES string of the molecule is CC(=O)C1C#CCCCCC1. The van der Waals surface area contributed by atoms with Crippen LogP contribution in [0.25, 0.3) is 0 Å². The molecule has 0 spiro atoms. The molecule has 1 rings (SSSR count). The lowest BCUT2D eigenvalue weighted by molar-refractivity contribution is -0.119. The highest BCUT2D eigenvalue weighted by molar-refractivity contribution is 5.81. The van der Waals surface area contributed by atoms with Crippen LogP contribution < -0.4 is 0 Å². The Bertz CT molecular complexity index is 195. The maximum absolute atomic E-state index is 11.0. The van der Waals surface area contributed by atoms with E-state index in [-0.39, 0.29) is 11.7 Å². The van der Waals surface area contributed by atoms with E-state index in [0.717, 1.165) is 12.8 Å². The first-order valence-electron chi connectivity index (χ1n) is 4.29. The van der Waals surface area contributed by atoms with Gasteiger partial charge in [-0.25, -0.2) is 0 Å². The van der Waals surface area contributed by atoms with Gasteiger partial charge in [0.25, 0.3) is 0 Å². The summed E-state index contributed by atoms with van der Waals surface area (Å²) in [6.07, 6.45) is 5.56. The van der Waals surface area contributed by atoms with Crippen molar-refractivity contribution in [3.63, 3.8) is 0 Å². The summed E-state index contributed by atoms with van der Waals surface area (Å²) in [6, 6.07) is 0. The molecule has 0 aromatic carbocycles. The van der Waals surface area contributed by atoms with Crippen LogP contribution in [0.5, 0.6) is 0 Å². The smallest absolute Gasteiger partial charge is 0.144 e. The van der Waals surface area contributed by atoms with Crippen molar-refractivity contribution in [3.8, 4) is 11.8 Å². The third kappa shape index (κ3) is 2.76. The second kappa shape index (κ2) is 4.18. The van der Waals surface area contributed by atoms with Crippen molar-refractivity contribution >= 4 is 5.78 Å². The summed E-state index contributed by atoms with van der Waals surface area (Å²) in [6.45, 7) is 1.64. The molecule has 0 N–H and O–H groups in total. The van der Waals surface area contributed by atoms with Gasteiger partial charge >= 0.3 is 0 Å². The van der Waals surface area contributed by atoms with Crippen molar-refractivity contribution in [2.24, 2.45) is 5.92 Å². The first kappa shape index (κ1) is 8.33. The van der Waals surface area contributed by atoms with E-state index in [4.69, 9.17) is 0 Å². The Morgan fingerprint density at radius 2 is 2.18 bits per heavy atom. The molecule has 0 aliphatic heterocycles. The molecule has 1 unspecified atom stereocenters. The Balaban J connectivity index is 2.54. The Kier molecular flexibility index (Phi) is 3.16. The standard InChI is InChI=1S/C10H14O/c1-9(11)10-7-5-3-2-4-6-8-10/h10H,2-5,7H2,1H3. The molecule has 0 radical (unpaired) electrons. The van der Waals surface area contributed by atoms with Gasteiger partial charge in [0.15, 0.2) is 0 Å². The zero-order chi connectivity index (χ0) is 8.10. The Labute approximate surface area is 68.2 Å². The Morgan fingerprint density at radius 1 is 1.36 bits per heavy atom. The van der Waals surface area contributed by atoms with E-state index in [0.29, 0.717) is 0 Å². The van der Waals surface area contributed by atoms with Crippen molar-refractivity contribution in [2.75, 3.05) is 0 Å². The predicted octanol–water partition coefficient (Wildman–Crippen LogP) is 2.16.